The lowest BCUT2D eigenvalue weighted by Crippen LogP contribution is -2.19. The summed E-state index contributed by atoms with van der Waals surface area (Å²) in [6, 6.07) is 0.619. The third kappa shape index (κ3) is 2.47. The third-order valence-electron chi connectivity index (χ3n) is 4.96. The molecule has 3 heteroatoms. The summed E-state index contributed by atoms with van der Waals surface area (Å²) in [5.41, 5.74) is 7.79. The van der Waals surface area contributed by atoms with E-state index in [9.17, 15) is 0 Å². The maximum atomic E-state index is 6.51. The highest BCUT2D eigenvalue weighted by Crippen LogP contribution is 2.45. The van der Waals surface area contributed by atoms with Crippen molar-refractivity contribution in [1.82, 2.24) is 9.55 Å². The number of aromatic nitrogens is 2. The Balaban J connectivity index is 1.95. The number of imidazole rings is 1. The van der Waals surface area contributed by atoms with Crippen molar-refractivity contribution in [3.05, 3.63) is 11.5 Å². The van der Waals surface area contributed by atoms with Crippen LogP contribution in [-0.4, -0.2) is 9.55 Å². The lowest BCUT2D eigenvalue weighted by molar-refractivity contribution is 0.344. The summed E-state index contributed by atoms with van der Waals surface area (Å²) in [6.45, 7) is 9.12. The minimum Gasteiger partial charge on any atom is -0.384 e. The highest BCUT2D eigenvalue weighted by atomic mass is 15.2. The van der Waals surface area contributed by atoms with Crippen molar-refractivity contribution in [3.63, 3.8) is 0 Å². The first-order valence-corrected chi connectivity index (χ1v) is 8.26. The zero-order valence-electron chi connectivity index (χ0n) is 13.4. The van der Waals surface area contributed by atoms with Gasteiger partial charge in [0.25, 0.3) is 0 Å². The Bertz CT molecular complexity index is 483. The number of hydrogen-bond donors (Lipinski definition) is 1. The Morgan fingerprint density at radius 3 is 2.15 bits per heavy atom. The van der Waals surface area contributed by atoms with Gasteiger partial charge in [-0.1, -0.05) is 40.5 Å². The van der Waals surface area contributed by atoms with E-state index in [1.165, 1.54) is 50.0 Å². The molecule has 0 radical (unpaired) electrons. The Morgan fingerprint density at radius 1 is 1.05 bits per heavy atom. The average molecular weight is 275 g/mol. The van der Waals surface area contributed by atoms with Gasteiger partial charge in [-0.15, -0.1) is 0 Å². The molecule has 2 aliphatic carbocycles. The number of nitrogens with two attached hydrogens (primary N) is 1. The number of nitrogens with zero attached hydrogens (tertiary/aromatic N) is 2. The van der Waals surface area contributed by atoms with Crippen LogP contribution in [0.25, 0.3) is 0 Å². The molecule has 1 aromatic rings. The van der Waals surface area contributed by atoms with E-state index in [-0.39, 0.29) is 5.41 Å². The average Bonchev–Trinajstić information content (AvgIpc) is 3.13. The predicted octanol–water partition coefficient (Wildman–Crippen LogP) is 4.39. The zero-order chi connectivity index (χ0) is 14.5. The van der Waals surface area contributed by atoms with Crippen molar-refractivity contribution in [2.75, 3.05) is 5.73 Å². The normalized spacial score (nSPS) is 27.8. The van der Waals surface area contributed by atoms with Crippen LogP contribution >= 0.6 is 0 Å². The second-order valence-corrected chi connectivity index (χ2v) is 8.01. The van der Waals surface area contributed by atoms with Gasteiger partial charge in [-0.25, -0.2) is 4.98 Å². The minimum atomic E-state index is 0.0803. The van der Waals surface area contributed by atoms with Gasteiger partial charge in [0.15, 0.2) is 0 Å². The smallest absolute Gasteiger partial charge is 0.127 e. The van der Waals surface area contributed by atoms with E-state index < -0.39 is 0 Å². The van der Waals surface area contributed by atoms with Gasteiger partial charge in [0.1, 0.15) is 11.6 Å². The van der Waals surface area contributed by atoms with E-state index in [0.29, 0.717) is 12.0 Å². The summed E-state index contributed by atoms with van der Waals surface area (Å²) in [5.74, 6) is 3.63. The molecule has 1 heterocycles. The van der Waals surface area contributed by atoms with Crippen molar-refractivity contribution in [2.45, 2.75) is 83.6 Å². The Hall–Kier alpha value is -0.990. The number of anilines is 1. The minimum absolute atomic E-state index is 0.0803. The van der Waals surface area contributed by atoms with Crippen LogP contribution in [0.15, 0.2) is 0 Å². The second-order valence-electron chi connectivity index (χ2n) is 8.01. The van der Waals surface area contributed by atoms with Crippen LogP contribution in [0.1, 0.15) is 89.7 Å². The summed E-state index contributed by atoms with van der Waals surface area (Å²) >= 11 is 0. The number of rotatable bonds is 2. The standard InChI is InChI=1S/C17H29N3/c1-11-5-7-12(8-6-11)14-15(18)20(13-9-10-13)16(19-14)17(2,3)4/h11-13H,5-10,18H2,1-4H3. The topological polar surface area (TPSA) is 43.8 Å². The van der Waals surface area contributed by atoms with E-state index in [0.717, 1.165) is 11.7 Å². The predicted molar refractivity (Wildman–Crippen MR) is 84.0 cm³/mol. The fourth-order valence-corrected chi connectivity index (χ4v) is 3.53. The van der Waals surface area contributed by atoms with Crippen LogP contribution in [0.2, 0.25) is 0 Å². The summed E-state index contributed by atoms with van der Waals surface area (Å²) in [6.07, 6.45) is 7.71. The SMILES string of the molecule is CC1CCC(c2nc(C(C)(C)C)n(C3CC3)c2N)CC1. The van der Waals surface area contributed by atoms with Gasteiger partial charge in [0.05, 0.1) is 5.69 Å². The Kier molecular flexibility index (Phi) is 3.34. The molecule has 112 valence electrons. The summed E-state index contributed by atoms with van der Waals surface area (Å²) in [7, 11) is 0. The molecule has 1 aromatic heterocycles. The van der Waals surface area contributed by atoms with Gasteiger partial charge in [-0.05, 0) is 31.6 Å². The molecule has 0 unspecified atom stereocenters. The molecular weight excluding hydrogens is 246 g/mol. The molecular formula is C17H29N3. The lowest BCUT2D eigenvalue weighted by Gasteiger charge is -2.25. The van der Waals surface area contributed by atoms with Crippen LogP contribution in [0, 0.1) is 5.92 Å². The van der Waals surface area contributed by atoms with Crippen molar-refractivity contribution < 1.29 is 0 Å². The fraction of sp³-hybridized carbons (Fsp3) is 0.824. The van der Waals surface area contributed by atoms with Crippen molar-refractivity contribution in [2.24, 2.45) is 5.92 Å². The van der Waals surface area contributed by atoms with Crippen LogP contribution in [0.5, 0.6) is 0 Å². The number of hydrogen-bond acceptors (Lipinski definition) is 2. The first-order valence-electron chi connectivity index (χ1n) is 8.26. The molecule has 3 nitrogen and oxygen atoms in total. The first kappa shape index (κ1) is 14.0. The Labute approximate surface area is 123 Å². The maximum absolute atomic E-state index is 6.51. The Morgan fingerprint density at radius 2 is 1.65 bits per heavy atom. The van der Waals surface area contributed by atoms with Crippen molar-refractivity contribution in [3.8, 4) is 0 Å². The molecule has 2 N–H and O–H groups in total. The van der Waals surface area contributed by atoms with Crippen molar-refractivity contribution in [1.29, 1.82) is 0 Å². The van der Waals surface area contributed by atoms with E-state index in [1.807, 2.05) is 0 Å². The second kappa shape index (κ2) is 4.78. The van der Waals surface area contributed by atoms with E-state index in [2.05, 4.69) is 32.3 Å². The first-order chi connectivity index (χ1) is 9.38. The summed E-state index contributed by atoms with van der Waals surface area (Å²) < 4.78 is 2.35. The third-order valence-corrected chi connectivity index (χ3v) is 4.96. The molecule has 0 atom stereocenters. The highest BCUT2D eigenvalue weighted by Gasteiger charge is 2.35. The zero-order valence-corrected chi connectivity index (χ0v) is 13.4. The monoisotopic (exact) mass is 275 g/mol. The molecule has 3 rings (SSSR count). The summed E-state index contributed by atoms with van der Waals surface area (Å²) in [4.78, 5) is 5.03. The van der Waals surface area contributed by atoms with Gasteiger partial charge in [0.2, 0.25) is 0 Å². The lowest BCUT2D eigenvalue weighted by atomic mass is 9.81. The molecule has 2 fully saturated rings. The van der Waals surface area contributed by atoms with Crippen molar-refractivity contribution >= 4 is 5.82 Å². The van der Waals surface area contributed by atoms with Gasteiger partial charge < -0.3 is 10.3 Å². The molecule has 2 aliphatic rings. The van der Waals surface area contributed by atoms with Gasteiger partial charge >= 0.3 is 0 Å². The molecule has 20 heavy (non-hydrogen) atoms. The largest absolute Gasteiger partial charge is 0.384 e. The molecule has 0 aromatic carbocycles. The molecule has 2 saturated carbocycles. The van der Waals surface area contributed by atoms with Crippen LogP contribution in [0.3, 0.4) is 0 Å². The molecule has 0 aliphatic heterocycles. The molecule has 0 spiro atoms. The van der Waals surface area contributed by atoms with E-state index in [4.69, 9.17) is 10.7 Å². The quantitative estimate of drug-likeness (QED) is 0.869. The summed E-state index contributed by atoms with van der Waals surface area (Å²) in [5, 5.41) is 0. The van der Waals surface area contributed by atoms with Crippen LogP contribution in [0.4, 0.5) is 5.82 Å². The van der Waals surface area contributed by atoms with Crippen LogP contribution < -0.4 is 5.73 Å². The molecule has 0 saturated heterocycles. The van der Waals surface area contributed by atoms with Gasteiger partial charge in [-0.3, -0.25) is 0 Å². The molecule has 0 amide bonds. The maximum Gasteiger partial charge on any atom is 0.127 e. The number of nitrogen functional groups attached to an aromatic ring is 1. The van der Waals surface area contributed by atoms with E-state index in [1.54, 1.807) is 0 Å². The van der Waals surface area contributed by atoms with E-state index >= 15 is 0 Å². The molecule has 0 bridgehead atoms. The highest BCUT2D eigenvalue weighted by molar-refractivity contribution is 5.43. The fourth-order valence-electron chi connectivity index (χ4n) is 3.53. The van der Waals surface area contributed by atoms with Gasteiger partial charge in [-0.2, -0.15) is 0 Å². The van der Waals surface area contributed by atoms with Gasteiger partial charge in [0, 0.05) is 17.4 Å². The van der Waals surface area contributed by atoms with Crippen LogP contribution in [-0.2, 0) is 5.41 Å².